The van der Waals surface area contributed by atoms with Gasteiger partial charge in [0.05, 0.1) is 6.61 Å². The molecule has 2 atom stereocenters. The molecule has 0 saturated carbocycles. The van der Waals surface area contributed by atoms with Crippen molar-refractivity contribution in [1.29, 1.82) is 0 Å². The molecule has 0 bridgehead atoms. The smallest absolute Gasteiger partial charge is 0.408 e. The maximum Gasteiger partial charge on any atom is 0.408 e. The lowest BCUT2D eigenvalue weighted by atomic mass is 9.98. The first kappa shape index (κ1) is 24.3. The minimum absolute atomic E-state index is 0.0916. The van der Waals surface area contributed by atoms with Gasteiger partial charge in [-0.2, -0.15) is 0 Å². The standard InChI is InChI=1S/C25H30N2O6/c1-15(2)21(22(28)29)26-23(30)25(3,14-32-4)27-24(31)33-13-20-18-11-7-5-9-16(18)17-10-6-8-12-19(17)20/h5-12,15,20-21H,13-14H2,1-4H3,(H,26,30)(H,27,31)(H,28,29)/t21-,25?/m1/s1. The SMILES string of the molecule is COCC(C)(NC(=O)OCC1c2ccccc2-c2ccccc21)C(=O)N[C@@H](C(=O)O)C(C)C. The van der Waals surface area contributed by atoms with E-state index < -0.39 is 29.6 Å². The van der Waals surface area contributed by atoms with Crippen LogP contribution in [0.5, 0.6) is 0 Å². The number of carboxylic acid groups (broad SMARTS) is 1. The molecule has 0 fully saturated rings. The van der Waals surface area contributed by atoms with Crippen LogP contribution in [0.15, 0.2) is 48.5 Å². The number of carbonyl (C=O) groups is 3. The van der Waals surface area contributed by atoms with Gasteiger partial charge in [-0.15, -0.1) is 0 Å². The Labute approximate surface area is 193 Å². The van der Waals surface area contributed by atoms with Crippen LogP contribution >= 0.6 is 0 Å². The third-order valence-electron chi connectivity index (χ3n) is 5.88. The van der Waals surface area contributed by atoms with Crippen LogP contribution in [0, 0.1) is 5.92 Å². The number of hydrogen-bond acceptors (Lipinski definition) is 5. The second kappa shape index (κ2) is 10.0. The monoisotopic (exact) mass is 454 g/mol. The maximum atomic E-state index is 12.9. The summed E-state index contributed by atoms with van der Waals surface area (Å²) in [4.78, 5) is 37.0. The molecule has 2 amide bonds. The van der Waals surface area contributed by atoms with E-state index in [1.165, 1.54) is 14.0 Å². The molecule has 1 unspecified atom stereocenters. The number of carbonyl (C=O) groups excluding carboxylic acids is 2. The zero-order valence-corrected chi connectivity index (χ0v) is 19.3. The van der Waals surface area contributed by atoms with Gasteiger partial charge in [0.25, 0.3) is 0 Å². The molecular weight excluding hydrogens is 424 g/mol. The molecule has 1 aliphatic carbocycles. The van der Waals surface area contributed by atoms with Crippen LogP contribution in [-0.4, -0.2) is 55.0 Å². The number of carboxylic acids is 1. The van der Waals surface area contributed by atoms with Crippen LogP contribution in [0.1, 0.15) is 37.8 Å². The summed E-state index contributed by atoms with van der Waals surface area (Å²) in [6.45, 7) is 4.77. The van der Waals surface area contributed by atoms with Crippen molar-refractivity contribution >= 4 is 18.0 Å². The summed E-state index contributed by atoms with van der Waals surface area (Å²) in [5.41, 5.74) is 2.85. The number of ether oxygens (including phenoxy) is 2. The van der Waals surface area contributed by atoms with Crippen LogP contribution in [0.4, 0.5) is 4.79 Å². The van der Waals surface area contributed by atoms with Crippen LogP contribution in [0.2, 0.25) is 0 Å². The molecular formula is C25H30N2O6. The van der Waals surface area contributed by atoms with Gasteiger partial charge in [0.1, 0.15) is 18.2 Å². The molecule has 3 N–H and O–H groups in total. The number of methoxy groups -OCH3 is 1. The molecule has 33 heavy (non-hydrogen) atoms. The highest BCUT2D eigenvalue weighted by Gasteiger charge is 2.39. The third-order valence-corrected chi connectivity index (χ3v) is 5.88. The predicted molar refractivity (Wildman–Crippen MR) is 123 cm³/mol. The van der Waals surface area contributed by atoms with Crippen molar-refractivity contribution in [3.63, 3.8) is 0 Å². The van der Waals surface area contributed by atoms with Crippen LogP contribution in [0.3, 0.4) is 0 Å². The molecule has 0 radical (unpaired) electrons. The normalized spacial score (nSPS) is 15.2. The zero-order valence-electron chi connectivity index (χ0n) is 19.3. The minimum Gasteiger partial charge on any atom is -0.480 e. The summed E-state index contributed by atoms with van der Waals surface area (Å²) in [6.07, 6.45) is -0.789. The number of fused-ring (bicyclic) bond motifs is 3. The zero-order chi connectivity index (χ0) is 24.2. The van der Waals surface area contributed by atoms with E-state index in [1.807, 2.05) is 48.5 Å². The average Bonchev–Trinajstić information content (AvgIpc) is 3.09. The van der Waals surface area contributed by atoms with Crippen LogP contribution < -0.4 is 10.6 Å². The fourth-order valence-electron chi connectivity index (χ4n) is 4.12. The largest absolute Gasteiger partial charge is 0.480 e. The van der Waals surface area contributed by atoms with E-state index in [9.17, 15) is 19.5 Å². The number of aliphatic carboxylic acids is 1. The minimum atomic E-state index is -1.51. The highest BCUT2D eigenvalue weighted by molar-refractivity contribution is 5.92. The quantitative estimate of drug-likeness (QED) is 0.536. The fraction of sp³-hybridized carbons (Fsp3) is 0.400. The lowest BCUT2D eigenvalue weighted by molar-refractivity contribution is -0.144. The van der Waals surface area contributed by atoms with Gasteiger partial charge in [-0.3, -0.25) is 4.79 Å². The topological polar surface area (TPSA) is 114 Å². The van der Waals surface area contributed by atoms with Crippen molar-refractivity contribution < 1.29 is 29.0 Å². The second-order valence-corrected chi connectivity index (χ2v) is 8.75. The van der Waals surface area contributed by atoms with Gasteiger partial charge in [-0.05, 0) is 35.1 Å². The first-order chi connectivity index (χ1) is 15.7. The first-order valence-electron chi connectivity index (χ1n) is 10.8. The van der Waals surface area contributed by atoms with Gasteiger partial charge in [0, 0.05) is 13.0 Å². The summed E-state index contributed by atoms with van der Waals surface area (Å²) in [7, 11) is 1.39. The van der Waals surface area contributed by atoms with Crippen LogP contribution in [0.25, 0.3) is 11.1 Å². The van der Waals surface area contributed by atoms with Gasteiger partial charge < -0.3 is 25.2 Å². The van der Waals surface area contributed by atoms with Crippen molar-refractivity contribution in [2.75, 3.05) is 20.3 Å². The molecule has 0 heterocycles. The molecule has 1 aliphatic rings. The summed E-state index contributed by atoms with van der Waals surface area (Å²) in [5.74, 6) is -2.28. The van der Waals surface area contributed by atoms with Crippen molar-refractivity contribution in [3.8, 4) is 11.1 Å². The number of benzene rings is 2. The number of alkyl carbamates (subject to hydrolysis) is 1. The molecule has 3 rings (SSSR count). The van der Waals surface area contributed by atoms with Gasteiger partial charge in [0.15, 0.2) is 0 Å². The maximum absolute atomic E-state index is 12.9. The average molecular weight is 455 g/mol. The van der Waals surface area contributed by atoms with Gasteiger partial charge in [0.2, 0.25) is 5.91 Å². The van der Waals surface area contributed by atoms with Gasteiger partial charge in [-0.25, -0.2) is 9.59 Å². The summed E-state index contributed by atoms with van der Waals surface area (Å²) < 4.78 is 10.7. The van der Waals surface area contributed by atoms with E-state index >= 15 is 0 Å². The summed E-state index contributed by atoms with van der Waals surface area (Å²) >= 11 is 0. The van der Waals surface area contributed by atoms with Crippen molar-refractivity contribution in [2.24, 2.45) is 5.92 Å². The number of nitrogens with one attached hydrogen (secondary N) is 2. The predicted octanol–water partition coefficient (Wildman–Crippen LogP) is 3.16. The number of rotatable bonds is 9. The number of hydrogen-bond donors (Lipinski definition) is 3. The highest BCUT2D eigenvalue weighted by Crippen LogP contribution is 2.44. The lowest BCUT2D eigenvalue weighted by Gasteiger charge is -2.30. The molecule has 8 nitrogen and oxygen atoms in total. The number of amides is 2. The molecule has 0 spiro atoms. The Balaban J connectivity index is 1.71. The Hall–Kier alpha value is -3.39. The first-order valence-corrected chi connectivity index (χ1v) is 10.8. The van der Waals surface area contributed by atoms with E-state index in [0.717, 1.165) is 22.3 Å². The molecule has 176 valence electrons. The Morgan fingerprint density at radius 1 is 1.03 bits per heavy atom. The highest BCUT2D eigenvalue weighted by atomic mass is 16.5. The van der Waals surface area contributed by atoms with E-state index in [-0.39, 0.29) is 25.0 Å². The van der Waals surface area contributed by atoms with Crippen molar-refractivity contribution in [1.82, 2.24) is 10.6 Å². The lowest BCUT2D eigenvalue weighted by Crippen LogP contribution is -2.62. The van der Waals surface area contributed by atoms with Gasteiger partial charge >= 0.3 is 12.1 Å². The third kappa shape index (κ3) is 5.17. The van der Waals surface area contributed by atoms with E-state index in [1.54, 1.807) is 13.8 Å². The van der Waals surface area contributed by atoms with Crippen LogP contribution in [-0.2, 0) is 19.1 Å². The second-order valence-electron chi connectivity index (χ2n) is 8.75. The molecule has 2 aromatic carbocycles. The molecule has 2 aromatic rings. The molecule has 0 saturated heterocycles. The molecule has 8 heteroatoms. The fourth-order valence-corrected chi connectivity index (χ4v) is 4.12. The van der Waals surface area contributed by atoms with Crippen molar-refractivity contribution in [3.05, 3.63) is 59.7 Å². The summed E-state index contributed by atoms with van der Waals surface area (Å²) in [6, 6.07) is 14.9. The van der Waals surface area contributed by atoms with Crippen molar-refractivity contribution in [2.45, 2.75) is 38.3 Å². The Morgan fingerprint density at radius 3 is 2.06 bits per heavy atom. The van der Waals surface area contributed by atoms with E-state index in [2.05, 4.69) is 10.6 Å². The van der Waals surface area contributed by atoms with Gasteiger partial charge in [-0.1, -0.05) is 62.4 Å². The summed E-state index contributed by atoms with van der Waals surface area (Å²) in [5, 5.41) is 14.4. The molecule has 0 aliphatic heterocycles. The van der Waals surface area contributed by atoms with E-state index in [4.69, 9.17) is 9.47 Å². The Kier molecular flexibility index (Phi) is 7.38. The Morgan fingerprint density at radius 2 is 1.58 bits per heavy atom. The molecule has 0 aromatic heterocycles. The van der Waals surface area contributed by atoms with E-state index in [0.29, 0.717) is 0 Å². The Bertz CT molecular complexity index is 992.